The number of aryl methyl sites for hydroxylation is 1. The van der Waals surface area contributed by atoms with Gasteiger partial charge in [0.15, 0.2) is 0 Å². The summed E-state index contributed by atoms with van der Waals surface area (Å²) < 4.78 is 0. The molecule has 0 bridgehead atoms. The minimum atomic E-state index is 0.194. The zero-order valence-corrected chi connectivity index (χ0v) is 12.5. The summed E-state index contributed by atoms with van der Waals surface area (Å²) >= 11 is 0. The van der Waals surface area contributed by atoms with E-state index in [1.807, 2.05) is 0 Å². The first kappa shape index (κ1) is 12.8. The van der Waals surface area contributed by atoms with Gasteiger partial charge >= 0.3 is 0 Å². The Balaban J connectivity index is 1.71. The average Bonchev–Trinajstić information content (AvgIpc) is 3.15. The van der Waals surface area contributed by atoms with Crippen molar-refractivity contribution < 1.29 is 0 Å². The van der Waals surface area contributed by atoms with E-state index in [0.717, 1.165) is 12.0 Å². The molecule has 2 nitrogen and oxygen atoms in total. The van der Waals surface area contributed by atoms with Crippen LogP contribution in [0.3, 0.4) is 0 Å². The summed E-state index contributed by atoms with van der Waals surface area (Å²) in [7, 11) is 0. The van der Waals surface area contributed by atoms with E-state index in [9.17, 15) is 0 Å². The summed E-state index contributed by atoms with van der Waals surface area (Å²) in [6, 6.07) is 10.7. The Morgan fingerprint density at radius 1 is 1.05 bits per heavy atom. The van der Waals surface area contributed by atoms with Crippen molar-refractivity contribution in [3.63, 3.8) is 0 Å². The average molecular weight is 270 g/mol. The summed E-state index contributed by atoms with van der Waals surface area (Å²) in [6.07, 6.45) is 8.21. The molecule has 2 heteroatoms. The summed E-state index contributed by atoms with van der Waals surface area (Å²) in [6.45, 7) is 3.37. The van der Waals surface area contributed by atoms with Gasteiger partial charge in [-0.3, -0.25) is 0 Å². The molecule has 0 unspecified atom stereocenters. The number of hydrogen-bond acceptors (Lipinski definition) is 2. The molecule has 0 aromatic heterocycles. The molecule has 1 saturated carbocycles. The molecule has 3 aliphatic rings. The number of rotatable bonds is 2. The molecule has 1 aliphatic carbocycles. The number of fused-ring (bicyclic) bond motifs is 1. The first-order valence-corrected chi connectivity index (χ1v) is 8.36. The van der Waals surface area contributed by atoms with Crippen molar-refractivity contribution in [2.75, 3.05) is 6.54 Å². The second-order valence-corrected chi connectivity index (χ2v) is 7.13. The van der Waals surface area contributed by atoms with Gasteiger partial charge in [0.05, 0.1) is 5.54 Å². The SMILES string of the molecule is Cc1ccc([C@@]2([C@H]3CCCN3)C[C@H]3CCC[C@H]3N2)cc1. The molecule has 3 fully saturated rings. The lowest BCUT2D eigenvalue weighted by Crippen LogP contribution is -2.53. The molecule has 1 aromatic carbocycles. The van der Waals surface area contributed by atoms with Gasteiger partial charge in [0.1, 0.15) is 0 Å². The molecule has 0 amide bonds. The number of nitrogens with one attached hydrogen (secondary N) is 2. The second kappa shape index (κ2) is 4.85. The first-order chi connectivity index (χ1) is 9.78. The molecular weight excluding hydrogens is 244 g/mol. The fraction of sp³-hybridized carbons (Fsp3) is 0.667. The molecule has 0 radical (unpaired) electrons. The monoisotopic (exact) mass is 270 g/mol. The van der Waals surface area contributed by atoms with Gasteiger partial charge in [-0.25, -0.2) is 0 Å². The van der Waals surface area contributed by atoms with Gasteiger partial charge in [-0.2, -0.15) is 0 Å². The topological polar surface area (TPSA) is 24.1 Å². The molecule has 1 aromatic rings. The first-order valence-electron chi connectivity index (χ1n) is 8.36. The van der Waals surface area contributed by atoms with Crippen LogP contribution in [-0.2, 0) is 5.54 Å². The number of benzene rings is 1. The third-order valence-corrected chi connectivity index (χ3v) is 5.91. The van der Waals surface area contributed by atoms with Crippen molar-refractivity contribution in [3.05, 3.63) is 35.4 Å². The number of hydrogen-bond donors (Lipinski definition) is 2. The molecule has 2 N–H and O–H groups in total. The highest BCUT2D eigenvalue weighted by Gasteiger charge is 2.51. The van der Waals surface area contributed by atoms with E-state index in [4.69, 9.17) is 0 Å². The molecule has 2 aliphatic heterocycles. The Morgan fingerprint density at radius 3 is 2.60 bits per heavy atom. The van der Waals surface area contributed by atoms with Gasteiger partial charge in [0.25, 0.3) is 0 Å². The summed E-state index contributed by atoms with van der Waals surface area (Å²) in [5, 5.41) is 7.86. The summed E-state index contributed by atoms with van der Waals surface area (Å²) in [4.78, 5) is 0. The van der Waals surface area contributed by atoms with E-state index >= 15 is 0 Å². The van der Waals surface area contributed by atoms with Crippen LogP contribution in [0.4, 0.5) is 0 Å². The lowest BCUT2D eigenvalue weighted by Gasteiger charge is -2.38. The fourth-order valence-electron chi connectivity index (χ4n) is 4.88. The normalized spacial score (nSPS) is 40.1. The summed E-state index contributed by atoms with van der Waals surface area (Å²) in [5.41, 5.74) is 3.07. The van der Waals surface area contributed by atoms with Crippen LogP contribution in [0.5, 0.6) is 0 Å². The standard InChI is InChI=1S/C18H26N2/c1-13-7-9-15(10-8-13)18(17-6-3-11-19-17)12-14-4-2-5-16(14)20-18/h7-10,14,16-17,19-20H,2-6,11-12H2,1H3/t14-,16-,17-,18-/m1/s1. The van der Waals surface area contributed by atoms with Crippen LogP contribution >= 0.6 is 0 Å². The Bertz CT molecular complexity index is 461. The molecule has 4 rings (SSSR count). The zero-order valence-electron chi connectivity index (χ0n) is 12.5. The zero-order chi connectivity index (χ0) is 13.6. The van der Waals surface area contributed by atoms with Crippen LogP contribution in [0, 0.1) is 12.8 Å². The molecule has 2 heterocycles. The molecule has 20 heavy (non-hydrogen) atoms. The highest BCUT2D eigenvalue weighted by atomic mass is 15.1. The maximum atomic E-state index is 4.08. The quantitative estimate of drug-likeness (QED) is 0.863. The Morgan fingerprint density at radius 2 is 1.90 bits per heavy atom. The van der Waals surface area contributed by atoms with Crippen molar-refractivity contribution in [2.45, 2.75) is 63.1 Å². The highest BCUT2D eigenvalue weighted by molar-refractivity contribution is 5.33. The highest BCUT2D eigenvalue weighted by Crippen LogP contribution is 2.47. The smallest absolute Gasteiger partial charge is 0.0595 e. The lowest BCUT2D eigenvalue weighted by atomic mass is 9.78. The fourth-order valence-corrected chi connectivity index (χ4v) is 4.88. The minimum absolute atomic E-state index is 0.194. The molecular formula is C18H26N2. The van der Waals surface area contributed by atoms with E-state index in [2.05, 4.69) is 41.8 Å². The maximum Gasteiger partial charge on any atom is 0.0595 e. The minimum Gasteiger partial charge on any atom is -0.312 e. The summed E-state index contributed by atoms with van der Waals surface area (Å²) in [5.74, 6) is 0.902. The Labute approximate surface area is 122 Å². The van der Waals surface area contributed by atoms with Crippen LogP contribution < -0.4 is 10.6 Å². The van der Waals surface area contributed by atoms with Gasteiger partial charge in [-0.05, 0) is 57.1 Å². The van der Waals surface area contributed by atoms with E-state index < -0.39 is 0 Å². The molecule has 0 spiro atoms. The Hall–Kier alpha value is -0.860. The van der Waals surface area contributed by atoms with Gasteiger partial charge in [-0.1, -0.05) is 36.2 Å². The van der Waals surface area contributed by atoms with Gasteiger partial charge in [0, 0.05) is 12.1 Å². The molecule has 2 saturated heterocycles. The van der Waals surface area contributed by atoms with E-state index in [1.165, 1.54) is 56.2 Å². The van der Waals surface area contributed by atoms with Crippen molar-refractivity contribution in [3.8, 4) is 0 Å². The predicted octanol–water partition coefficient (Wildman–Crippen LogP) is 3.10. The van der Waals surface area contributed by atoms with Crippen molar-refractivity contribution in [1.82, 2.24) is 10.6 Å². The van der Waals surface area contributed by atoms with Crippen molar-refractivity contribution >= 4 is 0 Å². The van der Waals surface area contributed by atoms with E-state index in [-0.39, 0.29) is 5.54 Å². The van der Waals surface area contributed by atoms with Crippen LogP contribution in [0.25, 0.3) is 0 Å². The van der Waals surface area contributed by atoms with Crippen LogP contribution in [0.2, 0.25) is 0 Å². The van der Waals surface area contributed by atoms with Gasteiger partial charge in [0.2, 0.25) is 0 Å². The van der Waals surface area contributed by atoms with Crippen molar-refractivity contribution in [1.29, 1.82) is 0 Å². The van der Waals surface area contributed by atoms with Crippen LogP contribution in [0.15, 0.2) is 24.3 Å². The molecule has 108 valence electrons. The second-order valence-electron chi connectivity index (χ2n) is 7.13. The van der Waals surface area contributed by atoms with Crippen LogP contribution in [-0.4, -0.2) is 18.6 Å². The van der Waals surface area contributed by atoms with Gasteiger partial charge < -0.3 is 10.6 Å². The van der Waals surface area contributed by atoms with E-state index in [1.54, 1.807) is 0 Å². The largest absolute Gasteiger partial charge is 0.312 e. The van der Waals surface area contributed by atoms with E-state index in [0.29, 0.717) is 6.04 Å². The predicted molar refractivity (Wildman–Crippen MR) is 82.8 cm³/mol. The van der Waals surface area contributed by atoms with Crippen LogP contribution in [0.1, 0.15) is 49.7 Å². The molecule has 4 atom stereocenters. The van der Waals surface area contributed by atoms with Crippen molar-refractivity contribution in [2.24, 2.45) is 5.92 Å². The third-order valence-electron chi connectivity index (χ3n) is 5.91. The Kier molecular flexibility index (Phi) is 3.12. The third kappa shape index (κ3) is 1.93. The maximum absolute atomic E-state index is 4.08. The van der Waals surface area contributed by atoms with Gasteiger partial charge in [-0.15, -0.1) is 0 Å². The lowest BCUT2D eigenvalue weighted by molar-refractivity contribution is 0.267.